The molecule has 0 fully saturated rings. The van der Waals surface area contributed by atoms with Gasteiger partial charge in [0.2, 0.25) is 0 Å². The van der Waals surface area contributed by atoms with E-state index in [0.29, 0.717) is 9.21 Å². The lowest BCUT2D eigenvalue weighted by molar-refractivity contribution is -0.147. The van der Waals surface area contributed by atoms with Crippen LogP contribution < -0.4 is 5.32 Å². The van der Waals surface area contributed by atoms with E-state index in [1.54, 1.807) is 12.1 Å². The fourth-order valence-corrected chi connectivity index (χ4v) is 2.80. The highest BCUT2D eigenvalue weighted by molar-refractivity contribution is 7.18. The van der Waals surface area contributed by atoms with Crippen LogP contribution in [0.25, 0.3) is 0 Å². The van der Waals surface area contributed by atoms with Gasteiger partial charge in [-0.05, 0) is 24.3 Å². The maximum absolute atomic E-state index is 13.0. The fourth-order valence-electron chi connectivity index (χ4n) is 1.79. The first-order valence-corrected chi connectivity index (χ1v) is 8.23. The first-order chi connectivity index (χ1) is 11.8. The van der Waals surface area contributed by atoms with Crippen molar-refractivity contribution in [3.8, 4) is 0 Å². The summed E-state index contributed by atoms with van der Waals surface area (Å²) in [6, 6.07) is 5.98. The number of benzene rings is 1. The molecule has 1 N–H and O–H groups in total. The molecule has 132 valence electrons. The first-order valence-electron chi connectivity index (χ1n) is 7.04. The second kappa shape index (κ2) is 8.68. The fraction of sp³-hybridized carbons (Fsp3) is 0.188. The lowest BCUT2D eigenvalue weighted by atomic mass is 10.2. The Hall–Kier alpha value is -2.32. The normalized spacial score (nSPS) is 10.4. The summed E-state index contributed by atoms with van der Waals surface area (Å²) in [5.74, 6) is -3.84. The number of ketones is 1. The number of hydrogen-bond donors (Lipinski definition) is 1. The van der Waals surface area contributed by atoms with Crippen LogP contribution in [-0.2, 0) is 14.3 Å². The molecule has 0 radical (unpaired) electrons. The number of Topliss-reactive ketones (excluding diaryl/α,β-unsaturated/α-hetero) is 1. The average Bonchev–Trinajstić information content (AvgIpc) is 3.00. The number of esters is 1. The Kier molecular flexibility index (Phi) is 6.60. The molecule has 0 spiro atoms. The smallest absolute Gasteiger partial charge is 0.306 e. The molecule has 0 aliphatic rings. The van der Waals surface area contributed by atoms with Crippen LogP contribution in [0.4, 0.5) is 14.5 Å². The summed E-state index contributed by atoms with van der Waals surface area (Å²) in [5, 5.41) is 2.26. The number of carbonyl (C=O) groups excluding carboxylic acids is 3. The van der Waals surface area contributed by atoms with E-state index in [1.165, 1.54) is 6.07 Å². The zero-order chi connectivity index (χ0) is 18.4. The largest absolute Gasteiger partial charge is 0.456 e. The summed E-state index contributed by atoms with van der Waals surface area (Å²) in [7, 11) is 0. The molecule has 0 saturated carbocycles. The first kappa shape index (κ1) is 19.0. The Morgan fingerprint density at radius 3 is 2.48 bits per heavy atom. The molecular weight excluding hydrogens is 376 g/mol. The summed E-state index contributed by atoms with van der Waals surface area (Å²) in [6.45, 7) is -0.600. The Labute approximate surface area is 150 Å². The minimum Gasteiger partial charge on any atom is -0.456 e. The van der Waals surface area contributed by atoms with E-state index in [9.17, 15) is 23.2 Å². The number of nitrogens with one attached hydrogen (secondary N) is 1. The van der Waals surface area contributed by atoms with Gasteiger partial charge in [0.1, 0.15) is 0 Å². The van der Waals surface area contributed by atoms with Gasteiger partial charge < -0.3 is 10.1 Å². The van der Waals surface area contributed by atoms with Crippen molar-refractivity contribution in [2.24, 2.45) is 0 Å². The summed E-state index contributed by atoms with van der Waals surface area (Å²) < 4.78 is 31.0. The summed E-state index contributed by atoms with van der Waals surface area (Å²) in [6.07, 6.45) is -0.257. The van der Waals surface area contributed by atoms with Crippen LogP contribution in [0.1, 0.15) is 22.5 Å². The van der Waals surface area contributed by atoms with Gasteiger partial charge in [0, 0.05) is 18.2 Å². The Bertz CT molecular complexity index is 809. The lowest BCUT2D eigenvalue weighted by Crippen LogP contribution is -2.21. The average molecular weight is 388 g/mol. The van der Waals surface area contributed by atoms with Crippen LogP contribution in [-0.4, -0.2) is 24.3 Å². The molecule has 0 aliphatic heterocycles. The molecule has 1 heterocycles. The second-order valence-corrected chi connectivity index (χ2v) is 6.58. The number of halogens is 3. The third kappa shape index (κ3) is 5.91. The minimum atomic E-state index is -1.11. The molecule has 0 bridgehead atoms. The Morgan fingerprint density at radius 1 is 1.08 bits per heavy atom. The van der Waals surface area contributed by atoms with Crippen molar-refractivity contribution in [3.63, 3.8) is 0 Å². The maximum atomic E-state index is 13.0. The molecule has 0 aliphatic carbocycles. The Balaban J connectivity index is 1.72. The van der Waals surface area contributed by atoms with E-state index in [4.69, 9.17) is 16.3 Å². The van der Waals surface area contributed by atoms with Crippen LogP contribution in [0.15, 0.2) is 30.3 Å². The Morgan fingerprint density at radius 2 is 1.84 bits per heavy atom. The van der Waals surface area contributed by atoms with Crippen LogP contribution in [0, 0.1) is 11.6 Å². The molecule has 0 atom stereocenters. The van der Waals surface area contributed by atoms with Crippen molar-refractivity contribution < 1.29 is 27.9 Å². The highest BCUT2D eigenvalue weighted by Crippen LogP contribution is 2.23. The van der Waals surface area contributed by atoms with Gasteiger partial charge in [-0.25, -0.2) is 8.78 Å². The van der Waals surface area contributed by atoms with Gasteiger partial charge in [-0.1, -0.05) is 11.6 Å². The standard InChI is InChI=1S/C16H12ClF2NO4S/c17-14-5-4-13(25-14)12(21)3-6-16(23)24-8-15(22)20-9-1-2-10(18)11(19)7-9/h1-2,4-5,7H,3,6,8H2,(H,20,22). The number of rotatable bonds is 7. The molecule has 2 rings (SSSR count). The maximum Gasteiger partial charge on any atom is 0.306 e. The van der Waals surface area contributed by atoms with Gasteiger partial charge in [0.15, 0.2) is 24.0 Å². The predicted octanol–water partition coefficient (Wildman–Crippen LogP) is 3.82. The van der Waals surface area contributed by atoms with E-state index in [0.717, 1.165) is 23.5 Å². The molecule has 5 nitrogen and oxygen atoms in total. The highest BCUT2D eigenvalue weighted by Gasteiger charge is 2.14. The summed E-state index contributed by atoms with van der Waals surface area (Å²) >= 11 is 6.83. The number of hydrogen-bond acceptors (Lipinski definition) is 5. The van der Waals surface area contributed by atoms with Crippen molar-refractivity contribution in [2.75, 3.05) is 11.9 Å². The lowest BCUT2D eigenvalue weighted by Gasteiger charge is -2.06. The SMILES string of the molecule is O=C(COC(=O)CCC(=O)c1ccc(Cl)s1)Nc1ccc(F)c(F)c1. The monoisotopic (exact) mass is 387 g/mol. The molecule has 0 saturated heterocycles. The third-order valence-corrected chi connectivity index (χ3v) is 4.24. The van der Waals surface area contributed by atoms with Gasteiger partial charge in [0.05, 0.1) is 15.6 Å². The molecule has 25 heavy (non-hydrogen) atoms. The minimum absolute atomic E-state index is 0.0321. The van der Waals surface area contributed by atoms with E-state index < -0.39 is 30.1 Å². The van der Waals surface area contributed by atoms with Gasteiger partial charge in [-0.2, -0.15) is 0 Å². The topological polar surface area (TPSA) is 72.5 Å². The van der Waals surface area contributed by atoms with Crippen LogP contribution >= 0.6 is 22.9 Å². The van der Waals surface area contributed by atoms with Gasteiger partial charge >= 0.3 is 5.97 Å². The third-order valence-electron chi connectivity index (χ3n) is 2.97. The summed E-state index contributed by atoms with van der Waals surface area (Å²) in [4.78, 5) is 35.4. The molecule has 0 unspecified atom stereocenters. The van der Waals surface area contributed by atoms with Gasteiger partial charge in [-0.15, -0.1) is 11.3 Å². The molecule has 1 amide bonds. The predicted molar refractivity (Wildman–Crippen MR) is 88.8 cm³/mol. The number of carbonyl (C=O) groups is 3. The number of anilines is 1. The van der Waals surface area contributed by atoms with Crippen molar-refractivity contribution in [2.45, 2.75) is 12.8 Å². The second-order valence-electron chi connectivity index (χ2n) is 4.86. The molecular formula is C16H12ClF2NO4S. The van der Waals surface area contributed by atoms with Gasteiger partial charge in [0.25, 0.3) is 5.91 Å². The van der Waals surface area contributed by atoms with E-state index in [2.05, 4.69) is 5.32 Å². The van der Waals surface area contributed by atoms with Crippen LogP contribution in [0.3, 0.4) is 0 Å². The van der Waals surface area contributed by atoms with Crippen molar-refractivity contribution in [1.29, 1.82) is 0 Å². The zero-order valence-electron chi connectivity index (χ0n) is 12.7. The van der Waals surface area contributed by atoms with E-state index in [-0.39, 0.29) is 24.3 Å². The molecule has 1 aromatic carbocycles. The quantitative estimate of drug-likeness (QED) is 0.579. The number of amides is 1. The van der Waals surface area contributed by atoms with E-state index >= 15 is 0 Å². The molecule has 9 heteroatoms. The highest BCUT2D eigenvalue weighted by atomic mass is 35.5. The van der Waals surface area contributed by atoms with Crippen molar-refractivity contribution in [3.05, 3.63) is 51.2 Å². The van der Waals surface area contributed by atoms with Gasteiger partial charge in [-0.3, -0.25) is 14.4 Å². The van der Waals surface area contributed by atoms with E-state index in [1.807, 2.05) is 0 Å². The summed E-state index contributed by atoms with van der Waals surface area (Å²) in [5.41, 5.74) is 0.0321. The van der Waals surface area contributed by atoms with Crippen molar-refractivity contribution in [1.82, 2.24) is 0 Å². The molecule has 2 aromatic rings. The number of thiophene rings is 1. The molecule has 1 aromatic heterocycles. The number of ether oxygens (including phenoxy) is 1. The van der Waals surface area contributed by atoms with Crippen molar-refractivity contribution >= 4 is 46.3 Å². The van der Waals surface area contributed by atoms with Crippen LogP contribution in [0.5, 0.6) is 0 Å². The van der Waals surface area contributed by atoms with Crippen LogP contribution in [0.2, 0.25) is 4.34 Å². The zero-order valence-corrected chi connectivity index (χ0v) is 14.3.